The molecule has 1 aromatic heterocycles. The van der Waals surface area contributed by atoms with Crippen LogP contribution < -0.4 is 0 Å². The first-order valence-electron chi connectivity index (χ1n) is 4.94. The van der Waals surface area contributed by atoms with Gasteiger partial charge in [-0.1, -0.05) is 12.1 Å². The van der Waals surface area contributed by atoms with Crippen molar-refractivity contribution in [1.29, 1.82) is 0 Å². The highest BCUT2D eigenvalue weighted by molar-refractivity contribution is 5.86. The number of hydrogen-bond donors (Lipinski definition) is 1. The lowest BCUT2D eigenvalue weighted by Gasteiger charge is -2.01. The van der Waals surface area contributed by atoms with E-state index in [1.165, 1.54) is 0 Å². The number of benzene rings is 1. The van der Waals surface area contributed by atoms with Crippen LogP contribution in [-0.2, 0) is 0 Å². The Morgan fingerprint density at radius 3 is 2.69 bits per heavy atom. The summed E-state index contributed by atoms with van der Waals surface area (Å²) >= 11 is 0. The summed E-state index contributed by atoms with van der Waals surface area (Å²) in [6, 6.07) is 7.75. The Labute approximate surface area is 93.1 Å². The van der Waals surface area contributed by atoms with Crippen molar-refractivity contribution in [1.82, 2.24) is 9.78 Å². The summed E-state index contributed by atoms with van der Waals surface area (Å²) < 4.78 is 1.59. The van der Waals surface area contributed by atoms with Gasteiger partial charge in [-0.25, -0.2) is 9.48 Å². The largest absolute Gasteiger partial charge is 0.476 e. The van der Waals surface area contributed by atoms with E-state index in [0.717, 1.165) is 11.3 Å². The second-order valence-electron chi connectivity index (χ2n) is 3.75. The number of hydrogen-bond acceptors (Lipinski definition) is 2. The van der Waals surface area contributed by atoms with Gasteiger partial charge in [-0.3, -0.25) is 0 Å². The van der Waals surface area contributed by atoms with Gasteiger partial charge < -0.3 is 5.11 Å². The van der Waals surface area contributed by atoms with Gasteiger partial charge in [0.1, 0.15) is 0 Å². The predicted octanol–water partition coefficient (Wildman–Crippen LogP) is 2.19. The van der Waals surface area contributed by atoms with Crippen LogP contribution in [0.5, 0.6) is 0 Å². The topological polar surface area (TPSA) is 55.1 Å². The Hall–Kier alpha value is -2.10. The predicted molar refractivity (Wildman–Crippen MR) is 60.0 cm³/mol. The Bertz CT molecular complexity index is 544. The standard InChI is InChI=1S/C12H12N2O2/c1-8-4-3-5-10(6-8)14-7-9(2)11(13-14)12(15)16/h3-7H,1-2H3,(H,15,16). The first kappa shape index (κ1) is 10.4. The number of carboxylic acid groups (broad SMARTS) is 1. The molecule has 0 radical (unpaired) electrons. The van der Waals surface area contributed by atoms with E-state index in [2.05, 4.69) is 5.10 Å². The average molecular weight is 216 g/mol. The van der Waals surface area contributed by atoms with E-state index in [1.807, 2.05) is 31.2 Å². The van der Waals surface area contributed by atoms with Crippen LogP contribution in [0.4, 0.5) is 0 Å². The zero-order valence-corrected chi connectivity index (χ0v) is 9.14. The van der Waals surface area contributed by atoms with E-state index in [0.29, 0.717) is 5.56 Å². The Balaban J connectivity index is 2.49. The lowest BCUT2D eigenvalue weighted by atomic mass is 10.2. The molecule has 0 aliphatic carbocycles. The summed E-state index contributed by atoms with van der Waals surface area (Å²) in [4.78, 5) is 10.9. The minimum Gasteiger partial charge on any atom is -0.476 e. The van der Waals surface area contributed by atoms with Gasteiger partial charge in [0.05, 0.1) is 5.69 Å². The minimum absolute atomic E-state index is 0.0986. The number of rotatable bonds is 2. The van der Waals surface area contributed by atoms with Crippen molar-refractivity contribution in [2.45, 2.75) is 13.8 Å². The van der Waals surface area contributed by atoms with Gasteiger partial charge in [-0.05, 0) is 31.5 Å². The van der Waals surface area contributed by atoms with Gasteiger partial charge in [0.15, 0.2) is 5.69 Å². The molecular weight excluding hydrogens is 204 g/mol. The normalized spacial score (nSPS) is 10.4. The molecule has 0 bridgehead atoms. The van der Waals surface area contributed by atoms with Crippen LogP contribution in [0.1, 0.15) is 21.6 Å². The fourth-order valence-electron chi connectivity index (χ4n) is 1.57. The van der Waals surface area contributed by atoms with Crippen LogP contribution >= 0.6 is 0 Å². The third-order valence-corrected chi connectivity index (χ3v) is 2.37. The van der Waals surface area contributed by atoms with Crippen molar-refractivity contribution >= 4 is 5.97 Å². The molecule has 4 heteroatoms. The number of carbonyl (C=O) groups is 1. The molecule has 2 rings (SSSR count). The maximum atomic E-state index is 10.9. The molecule has 0 atom stereocenters. The van der Waals surface area contributed by atoms with E-state index in [4.69, 9.17) is 5.11 Å². The van der Waals surface area contributed by atoms with Gasteiger partial charge in [0.25, 0.3) is 0 Å². The van der Waals surface area contributed by atoms with E-state index in [9.17, 15) is 4.79 Å². The molecule has 16 heavy (non-hydrogen) atoms. The quantitative estimate of drug-likeness (QED) is 0.837. The maximum Gasteiger partial charge on any atom is 0.356 e. The van der Waals surface area contributed by atoms with Crippen LogP contribution in [0.25, 0.3) is 5.69 Å². The SMILES string of the molecule is Cc1cccc(-n2cc(C)c(C(=O)O)n2)c1. The third-order valence-electron chi connectivity index (χ3n) is 2.37. The molecule has 1 N–H and O–H groups in total. The highest BCUT2D eigenvalue weighted by Gasteiger charge is 2.12. The second kappa shape index (κ2) is 3.81. The molecule has 0 aliphatic heterocycles. The number of aromatic nitrogens is 2. The van der Waals surface area contributed by atoms with Crippen LogP contribution in [0, 0.1) is 13.8 Å². The van der Waals surface area contributed by atoms with Crippen molar-refractivity contribution in [3.05, 3.63) is 47.3 Å². The van der Waals surface area contributed by atoms with Crippen molar-refractivity contribution in [2.75, 3.05) is 0 Å². The monoisotopic (exact) mass is 216 g/mol. The molecule has 0 aliphatic rings. The fraction of sp³-hybridized carbons (Fsp3) is 0.167. The Kier molecular flexibility index (Phi) is 2.48. The van der Waals surface area contributed by atoms with Crippen molar-refractivity contribution in [3.63, 3.8) is 0 Å². The lowest BCUT2D eigenvalue weighted by Crippen LogP contribution is -2.01. The number of aromatic carboxylic acids is 1. The molecule has 0 spiro atoms. The van der Waals surface area contributed by atoms with Gasteiger partial charge in [0.2, 0.25) is 0 Å². The number of nitrogens with zero attached hydrogens (tertiary/aromatic N) is 2. The molecular formula is C12H12N2O2. The average Bonchev–Trinajstić information content (AvgIpc) is 2.60. The molecule has 4 nitrogen and oxygen atoms in total. The summed E-state index contributed by atoms with van der Waals surface area (Å²) in [5, 5.41) is 12.9. The Morgan fingerprint density at radius 2 is 2.12 bits per heavy atom. The summed E-state index contributed by atoms with van der Waals surface area (Å²) in [7, 11) is 0. The molecule has 1 aromatic carbocycles. The molecule has 0 fully saturated rings. The van der Waals surface area contributed by atoms with Gasteiger partial charge in [0, 0.05) is 11.8 Å². The third kappa shape index (κ3) is 1.82. The van der Waals surface area contributed by atoms with Crippen molar-refractivity contribution < 1.29 is 9.90 Å². The van der Waals surface area contributed by atoms with Gasteiger partial charge >= 0.3 is 5.97 Å². The van der Waals surface area contributed by atoms with Crippen molar-refractivity contribution in [3.8, 4) is 5.69 Å². The van der Waals surface area contributed by atoms with Crippen LogP contribution in [0.3, 0.4) is 0 Å². The summed E-state index contributed by atoms with van der Waals surface area (Å²) in [6.07, 6.45) is 1.72. The van der Waals surface area contributed by atoms with Crippen LogP contribution in [0.15, 0.2) is 30.5 Å². The number of aryl methyl sites for hydroxylation is 2. The van der Waals surface area contributed by atoms with E-state index < -0.39 is 5.97 Å². The molecule has 0 amide bonds. The molecule has 0 saturated carbocycles. The molecule has 0 saturated heterocycles. The fourth-order valence-corrected chi connectivity index (χ4v) is 1.57. The zero-order chi connectivity index (χ0) is 11.7. The van der Waals surface area contributed by atoms with Gasteiger partial charge in [-0.2, -0.15) is 5.10 Å². The summed E-state index contributed by atoms with van der Waals surface area (Å²) in [5.41, 5.74) is 2.74. The summed E-state index contributed by atoms with van der Waals surface area (Å²) in [6.45, 7) is 3.72. The van der Waals surface area contributed by atoms with Crippen LogP contribution in [0.2, 0.25) is 0 Å². The molecule has 2 aromatic rings. The summed E-state index contributed by atoms with van der Waals surface area (Å²) in [5.74, 6) is -0.996. The molecule has 0 unspecified atom stereocenters. The van der Waals surface area contributed by atoms with E-state index >= 15 is 0 Å². The second-order valence-corrected chi connectivity index (χ2v) is 3.75. The van der Waals surface area contributed by atoms with Crippen molar-refractivity contribution in [2.24, 2.45) is 0 Å². The Morgan fingerprint density at radius 1 is 1.38 bits per heavy atom. The van der Waals surface area contributed by atoms with Gasteiger partial charge in [-0.15, -0.1) is 0 Å². The maximum absolute atomic E-state index is 10.9. The van der Waals surface area contributed by atoms with Crippen LogP contribution in [-0.4, -0.2) is 20.9 Å². The number of carboxylic acids is 1. The minimum atomic E-state index is -0.996. The molecule has 1 heterocycles. The zero-order valence-electron chi connectivity index (χ0n) is 9.14. The highest BCUT2D eigenvalue weighted by atomic mass is 16.4. The lowest BCUT2D eigenvalue weighted by molar-refractivity contribution is 0.0689. The van der Waals surface area contributed by atoms with E-state index in [-0.39, 0.29) is 5.69 Å². The van der Waals surface area contributed by atoms with E-state index in [1.54, 1.807) is 17.8 Å². The molecule has 82 valence electrons. The first-order chi connectivity index (χ1) is 7.58. The first-order valence-corrected chi connectivity index (χ1v) is 4.94. The smallest absolute Gasteiger partial charge is 0.356 e. The highest BCUT2D eigenvalue weighted by Crippen LogP contribution is 2.13.